The average Bonchev–Trinajstić information content (AvgIpc) is 2.90. The van der Waals surface area contributed by atoms with Crippen LogP contribution in [0.3, 0.4) is 0 Å². The lowest BCUT2D eigenvalue weighted by Gasteiger charge is -2.13. The van der Waals surface area contributed by atoms with Gasteiger partial charge in [-0.1, -0.05) is 18.5 Å². The Kier molecular flexibility index (Phi) is 5.74. The molecular formula is C16H17ClN2O3S. The Balaban J connectivity index is 2.00. The number of halogens is 1. The van der Waals surface area contributed by atoms with Crippen LogP contribution in [0.25, 0.3) is 0 Å². The first kappa shape index (κ1) is 17.4. The largest absolute Gasteiger partial charge is 0.448 e. The average molecular weight is 353 g/mol. The van der Waals surface area contributed by atoms with E-state index in [0.29, 0.717) is 10.6 Å². The molecule has 0 saturated heterocycles. The highest BCUT2D eigenvalue weighted by Gasteiger charge is 2.21. The molecule has 5 nitrogen and oxygen atoms in total. The van der Waals surface area contributed by atoms with Gasteiger partial charge in [0.2, 0.25) is 0 Å². The fourth-order valence-electron chi connectivity index (χ4n) is 1.96. The van der Waals surface area contributed by atoms with Crippen molar-refractivity contribution in [1.82, 2.24) is 4.98 Å². The zero-order chi connectivity index (χ0) is 17.0. The molecule has 0 aromatic carbocycles. The number of carbonyl (C=O) groups excluding carboxylic acids is 2. The molecule has 0 bridgehead atoms. The lowest BCUT2D eigenvalue weighted by Crippen LogP contribution is -2.29. The zero-order valence-electron chi connectivity index (χ0n) is 13.1. The molecule has 2 rings (SSSR count). The number of rotatable bonds is 5. The molecule has 0 unspecified atom stereocenters. The van der Waals surface area contributed by atoms with E-state index in [4.69, 9.17) is 16.3 Å². The summed E-state index contributed by atoms with van der Waals surface area (Å²) in [5, 5.41) is 2.77. The molecule has 0 aliphatic carbocycles. The second-order valence-electron chi connectivity index (χ2n) is 4.95. The van der Waals surface area contributed by atoms with Crippen LogP contribution < -0.4 is 5.32 Å². The number of nitrogens with one attached hydrogen (secondary N) is 1. The van der Waals surface area contributed by atoms with Gasteiger partial charge in [0.15, 0.2) is 11.3 Å². The van der Waals surface area contributed by atoms with Crippen LogP contribution in [0.5, 0.6) is 0 Å². The first-order valence-electron chi connectivity index (χ1n) is 7.14. The van der Waals surface area contributed by atoms with E-state index in [-0.39, 0.29) is 5.15 Å². The summed E-state index contributed by atoms with van der Waals surface area (Å²) in [6.45, 7) is 5.49. The van der Waals surface area contributed by atoms with Crippen LogP contribution >= 0.6 is 22.9 Å². The number of thiophene rings is 1. The van der Waals surface area contributed by atoms with Gasteiger partial charge in [0, 0.05) is 11.1 Å². The van der Waals surface area contributed by atoms with Crippen LogP contribution in [-0.2, 0) is 16.0 Å². The van der Waals surface area contributed by atoms with Crippen molar-refractivity contribution in [3.05, 3.63) is 44.9 Å². The van der Waals surface area contributed by atoms with Gasteiger partial charge < -0.3 is 10.1 Å². The topological polar surface area (TPSA) is 68.3 Å². The Morgan fingerprint density at radius 3 is 2.83 bits per heavy atom. The molecule has 0 aliphatic heterocycles. The van der Waals surface area contributed by atoms with E-state index >= 15 is 0 Å². The van der Waals surface area contributed by atoms with Crippen LogP contribution in [0.1, 0.15) is 34.0 Å². The molecule has 0 spiro atoms. The smallest absolute Gasteiger partial charge is 0.349 e. The van der Waals surface area contributed by atoms with Crippen molar-refractivity contribution in [1.29, 1.82) is 0 Å². The van der Waals surface area contributed by atoms with Crippen LogP contribution in [0.2, 0.25) is 5.15 Å². The number of amides is 1. The molecule has 7 heteroatoms. The summed E-state index contributed by atoms with van der Waals surface area (Å²) in [5.41, 5.74) is 1.44. The van der Waals surface area contributed by atoms with E-state index in [2.05, 4.69) is 10.3 Å². The first-order chi connectivity index (χ1) is 10.9. The standard InChI is InChI=1S/C16H17ClN2O3S/c1-4-12-9(2)8-13(23-12)16(21)22-10(3)15(20)19-11-6-5-7-18-14(11)17/h5-8,10H,4H2,1-3H3,(H,19,20)/t10-/m1/s1. The molecule has 0 fully saturated rings. The monoisotopic (exact) mass is 352 g/mol. The van der Waals surface area contributed by atoms with Crippen molar-refractivity contribution in [2.24, 2.45) is 0 Å². The van der Waals surface area contributed by atoms with Crippen LogP contribution in [0, 0.1) is 6.92 Å². The molecule has 2 aromatic heterocycles. The summed E-state index contributed by atoms with van der Waals surface area (Å²) in [6, 6.07) is 5.06. The summed E-state index contributed by atoms with van der Waals surface area (Å²) in [6.07, 6.45) is 1.44. The number of hydrogen-bond donors (Lipinski definition) is 1. The van der Waals surface area contributed by atoms with Gasteiger partial charge in [0.25, 0.3) is 5.91 Å². The number of hydrogen-bond acceptors (Lipinski definition) is 5. The SMILES string of the molecule is CCc1sc(C(=O)O[C@H](C)C(=O)Nc2cccnc2Cl)cc1C. The zero-order valence-corrected chi connectivity index (χ0v) is 14.6. The minimum atomic E-state index is -0.939. The molecule has 0 saturated carbocycles. The molecule has 2 heterocycles. The third-order valence-corrected chi connectivity index (χ3v) is 4.88. The second kappa shape index (κ2) is 7.57. The number of ether oxygens (including phenoxy) is 1. The third kappa shape index (κ3) is 4.30. The molecule has 0 aliphatic rings. The predicted octanol–water partition coefficient (Wildman–Crippen LogP) is 3.85. The molecule has 122 valence electrons. The first-order valence-corrected chi connectivity index (χ1v) is 8.33. The second-order valence-corrected chi connectivity index (χ2v) is 6.44. The quantitative estimate of drug-likeness (QED) is 0.655. The number of nitrogens with zero attached hydrogens (tertiary/aromatic N) is 1. The summed E-state index contributed by atoms with van der Waals surface area (Å²) in [7, 11) is 0. The van der Waals surface area contributed by atoms with Gasteiger partial charge in [-0.25, -0.2) is 9.78 Å². The molecule has 1 amide bonds. The number of aryl methyl sites for hydroxylation is 2. The summed E-state index contributed by atoms with van der Waals surface area (Å²) < 4.78 is 5.22. The molecule has 2 aromatic rings. The summed E-state index contributed by atoms with van der Waals surface area (Å²) in [4.78, 5) is 29.7. The van der Waals surface area contributed by atoms with Crippen LogP contribution in [0.15, 0.2) is 24.4 Å². The predicted molar refractivity (Wildman–Crippen MR) is 91.2 cm³/mol. The van der Waals surface area contributed by atoms with Crippen molar-refractivity contribution in [3.63, 3.8) is 0 Å². The van der Waals surface area contributed by atoms with Crippen molar-refractivity contribution in [2.75, 3.05) is 5.32 Å². The van der Waals surface area contributed by atoms with Crippen molar-refractivity contribution in [3.8, 4) is 0 Å². The van der Waals surface area contributed by atoms with Crippen LogP contribution in [0.4, 0.5) is 5.69 Å². The van der Waals surface area contributed by atoms with E-state index in [1.165, 1.54) is 24.5 Å². The fraction of sp³-hybridized carbons (Fsp3) is 0.312. The number of anilines is 1. The van der Waals surface area contributed by atoms with Gasteiger partial charge in [-0.15, -0.1) is 11.3 Å². The third-order valence-electron chi connectivity index (χ3n) is 3.21. The van der Waals surface area contributed by atoms with E-state index in [0.717, 1.165) is 16.9 Å². The van der Waals surface area contributed by atoms with Crippen molar-refractivity contribution in [2.45, 2.75) is 33.3 Å². The Labute approximate surface area is 143 Å². The van der Waals surface area contributed by atoms with Crippen molar-refractivity contribution >= 4 is 40.5 Å². The van der Waals surface area contributed by atoms with E-state index in [9.17, 15) is 9.59 Å². The van der Waals surface area contributed by atoms with E-state index < -0.39 is 18.0 Å². The molecule has 0 radical (unpaired) electrons. The molecule has 23 heavy (non-hydrogen) atoms. The van der Waals surface area contributed by atoms with Gasteiger partial charge >= 0.3 is 5.97 Å². The van der Waals surface area contributed by atoms with Crippen LogP contribution in [-0.4, -0.2) is 23.0 Å². The number of aromatic nitrogens is 1. The van der Waals surface area contributed by atoms with Gasteiger partial charge in [-0.2, -0.15) is 0 Å². The highest BCUT2D eigenvalue weighted by Crippen LogP contribution is 2.23. The van der Waals surface area contributed by atoms with Gasteiger partial charge in [0.1, 0.15) is 4.88 Å². The normalized spacial score (nSPS) is 11.8. The van der Waals surface area contributed by atoms with Gasteiger partial charge in [0.05, 0.1) is 5.69 Å². The highest BCUT2D eigenvalue weighted by molar-refractivity contribution is 7.14. The maximum atomic E-state index is 12.1. The minimum absolute atomic E-state index is 0.181. The van der Waals surface area contributed by atoms with Gasteiger partial charge in [-0.05, 0) is 44.0 Å². The maximum Gasteiger partial charge on any atom is 0.349 e. The maximum absolute atomic E-state index is 12.1. The Morgan fingerprint density at radius 2 is 2.22 bits per heavy atom. The number of carbonyl (C=O) groups is 2. The Bertz CT molecular complexity index is 730. The van der Waals surface area contributed by atoms with E-state index in [1.54, 1.807) is 18.2 Å². The lowest BCUT2D eigenvalue weighted by atomic mass is 10.2. The summed E-state index contributed by atoms with van der Waals surface area (Å²) in [5.74, 6) is -0.963. The number of esters is 1. The highest BCUT2D eigenvalue weighted by atomic mass is 35.5. The minimum Gasteiger partial charge on any atom is -0.448 e. The Morgan fingerprint density at radius 1 is 1.48 bits per heavy atom. The Hall–Kier alpha value is -1.92. The molecule has 1 N–H and O–H groups in total. The molecular weight excluding hydrogens is 336 g/mol. The van der Waals surface area contributed by atoms with E-state index in [1.807, 2.05) is 13.8 Å². The van der Waals surface area contributed by atoms with Gasteiger partial charge in [-0.3, -0.25) is 4.79 Å². The lowest BCUT2D eigenvalue weighted by molar-refractivity contribution is -0.123. The molecule has 1 atom stereocenters. The fourth-order valence-corrected chi connectivity index (χ4v) is 3.12. The number of pyridine rings is 1. The summed E-state index contributed by atoms with van der Waals surface area (Å²) >= 11 is 7.27. The van der Waals surface area contributed by atoms with Crippen molar-refractivity contribution < 1.29 is 14.3 Å².